The van der Waals surface area contributed by atoms with Gasteiger partial charge < -0.3 is 0 Å². The van der Waals surface area contributed by atoms with Crippen LogP contribution in [0.5, 0.6) is 0 Å². The molecule has 1 aliphatic heterocycles. The quantitative estimate of drug-likeness (QED) is 0.485. The summed E-state index contributed by atoms with van der Waals surface area (Å²) in [4.78, 5) is 4.86. The van der Waals surface area contributed by atoms with Gasteiger partial charge in [0.05, 0.1) is 6.61 Å². The van der Waals surface area contributed by atoms with E-state index < -0.39 is 0 Å². The van der Waals surface area contributed by atoms with Crippen molar-refractivity contribution < 1.29 is 4.84 Å². The van der Waals surface area contributed by atoms with E-state index in [1.165, 1.54) is 0 Å². The second kappa shape index (κ2) is 1.98. The molecule has 1 rings (SSSR count). The lowest BCUT2D eigenvalue weighted by Crippen LogP contribution is -2.16. The van der Waals surface area contributed by atoms with Crippen LogP contribution in [0.3, 0.4) is 0 Å². The summed E-state index contributed by atoms with van der Waals surface area (Å²) in [7, 11) is 0. The number of hydroxylamine groups is 1. The zero-order valence-corrected chi connectivity index (χ0v) is 4.40. The van der Waals surface area contributed by atoms with Gasteiger partial charge in [0.25, 0.3) is 0 Å². The molecule has 0 saturated carbocycles. The van der Waals surface area contributed by atoms with Crippen molar-refractivity contribution in [2.45, 2.75) is 13.3 Å². The maximum Gasteiger partial charge on any atom is 0.0781 e. The topological polar surface area (TPSA) is 21.3 Å². The Morgan fingerprint density at radius 2 is 2.71 bits per heavy atom. The first-order chi connectivity index (χ1) is 3.39. The van der Waals surface area contributed by atoms with E-state index >= 15 is 0 Å². The highest BCUT2D eigenvalue weighted by molar-refractivity contribution is 4.94. The summed E-state index contributed by atoms with van der Waals surface area (Å²) in [6.45, 7) is 2.79. The van der Waals surface area contributed by atoms with Gasteiger partial charge in [0.1, 0.15) is 0 Å². The van der Waals surface area contributed by atoms with Gasteiger partial charge >= 0.3 is 0 Å². The van der Waals surface area contributed by atoms with E-state index in [1.54, 1.807) is 0 Å². The monoisotopic (exact) mass is 99.1 g/mol. The molecule has 1 heterocycles. The first-order valence-corrected chi connectivity index (χ1v) is 2.44. The fourth-order valence-corrected chi connectivity index (χ4v) is 0.541. The van der Waals surface area contributed by atoms with E-state index in [0.717, 1.165) is 18.7 Å². The first-order valence-electron chi connectivity index (χ1n) is 2.44. The Labute approximate surface area is 43.1 Å². The number of allylic oxidation sites excluding steroid dienone is 1. The highest BCUT2D eigenvalue weighted by atomic mass is 16.6. The van der Waals surface area contributed by atoms with Gasteiger partial charge in [-0.3, -0.25) is 10.3 Å². The van der Waals surface area contributed by atoms with Crippen LogP contribution in [-0.4, -0.2) is 6.61 Å². The standard InChI is InChI=1S/C5H9NO/c1-5-3-2-4-7-6-5/h3,6H,2,4H2,1H3. The van der Waals surface area contributed by atoms with Crippen LogP contribution in [0.25, 0.3) is 0 Å². The van der Waals surface area contributed by atoms with E-state index in [1.807, 2.05) is 6.92 Å². The van der Waals surface area contributed by atoms with Crippen LogP contribution in [-0.2, 0) is 4.84 Å². The van der Waals surface area contributed by atoms with Crippen LogP contribution >= 0.6 is 0 Å². The molecule has 0 unspecified atom stereocenters. The van der Waals surface area contributed by atoms with E-state index in [0.29, 0.717) is 0 Å². The zero-order valence-electron chi connectivity index (χ0n) is 4.40. The average molecular weight is 99.1 g/mol. The lowest BCUT2D eigenvalue weighted by atomic mass is 10.3. The predicted octanol–water partition coefficient (Wildman–Crippen LogP) is 0.815. The van der Waals surface area contributed by atoms with Gasteiger partial charge in [0.15, 0.2) is 0 Å². The summed E-state index contributed by atoms with van der Waals surface area (Å²) >= 11 is 0. The molecule has 0 aromatic heterocycles. The molecule has 0 fully saturated rings. The molecule has 0 aliphatic carbocycles. The molecule has 0 amide bonds. The molecular weight excluding hydrogens is 90.1 g/mol. The van der Waals surface area contributed by atoms with Gasteiger partial charge in [-0.2, -0.15) is 0 Å². The second-order valence-corrected chi connectivity index (χ2v) is 1.63. The molecular formula is C5H9NO. The Kier molecular flexibility index (Phi) is 1.32. The minimum Gasteiger partial charge on any atom is -0.276 e. The third kappa shape index (κ3) is 1.20. The van der Waals surface area contributed by atoms with Crippen molar-refractivity contribution in [2.24, 2.45) is 0 Å². The van der Waals surface area contributed by atoms with Crippen LogP contribution in [0.2, 0.25) is 0 Å². The van der Waals surface area contributed by atoms with Gasteiger partial charge in [-0.25, -0.2) is 0 Å². The van der Waals surface area contributed by atoms with Crippen LogP contribution in [0, 0.1) is 0 Å². The van der Waals surface area contributed by atoms with Crippen LogP contribution in [0.1, 0.15) is 13.3 Å². The maximum absolute atomic E-state index is 4.86. The zero-order chi connectivity index (χ0) is 5.11. The lowest BCUT2D eigenvalue weighted by Gasteiger charge is -2.10. The summed E-state index contributed by atoms with van der Waals surface area (Å²) < 4.78 is 0. The highest BCUT2D eigenvalue weighted by Crippen LogP contribution is 1.96. The maximum atomic E-state index is 4.86. The van der Waals surface area contributed by atoms with Gasteiger partial charge in [-0.15, -0.1) is 0 Å². The molecule has 1 aliphatic rings. The average Bonchev–Trinajstić information content (AvgIpc) is 1.69. The van der Waals surface area contributed by atoms with Gasteiger partial charge in [-0.05, 0) is 13.3 Å². The van der Waals surface area contributed by atoms with Crippen LogP contribution < -0.4 is 5.48 Å². The Bertz CT molecular complexity index is 88.1. The molecule has 2 heteroatoms. The predicted molar refractivity (Wildman–Crippen MR) is 27.5 cm³/mol. The molecule has 0 atom stereocenters. The largest absolute Gasteiger partial charge is 0.276 e. The van der Waals surface area contributed by atoms with Crippen molar-refractivity contribution in [3.8, 4) is 0 Å². The van der Waals surface area contributed by atoms with E-state index in [9.17, 15) is 0 Å². The third-order valence-electron chi connectivity index (χ3n) is 0.904. The minimum atomic E-state index is 0.803. The number of hydrogen-bond donors (Lipinski definition) is 1. The number of nitrogens with one attached hydrogen (secondary N) is 1. The van der Waals surface area contributed by atoms with Gasteiger partial charge in [0.2, 0.25) is 0 Å². The Balaban J connectivity index is 2.40. The summed E-state index contributed by atoms with van der Waals surface area (Å²) in [6, 6.07) is 0. The van der Waals surface area contributed by atoms with Crippen LogP contribution in [0.15, 0.2) is 11.8 Å². The Hall–Kier alpha value is -0.500. The van der Waals surface area contributed by atoms with Crippen molar-refractivity contribution in [3.05, 3.63) is 11.8 Å². The Morgan fingerprint density at radius 1 is 1.86 bits per heavy atom. The fraction of sp³-hybridized carbons (Fsp3) is 0.600. The molecule has 0 spiro atoms. The lowest BCUT2D eigenvalue weighted by molar-refractivity contribution is 0.0559. The molecule has 0 aromatic rings. The molecule has 0 aromatic carbocycles. The summed E-state index contributed by atoms with van der Waals surface area (Å²) in [5, 5.41) is 0. The Morgan fingerprint density at radius 3 is 3.00 bits per heavy atom. The van der Waals surface area contributed by atoms with Crippen molar-refractivity contribution in [1.29, 1.82) is 0 Å². The molecule has 0 saturated heterocycles. The fourth-order valence-electron chi connectivity index (χ4n) is 0.541. The van der Waals surface area contributed by atoms with Crippen molar-refractivity contribution >= 4 is 0 Å². The highest BCUT2D eigenvalue weighted by Gasteiger charge is 1.93. The molecule has 7 heavy (non-hydrogen) atoms. The first kappa shape index (κ1) is 4.65. The third-order valence-corrected chi connectivity index (χ3v) is 0.904. The summed E-state index contributed by atoms with van der Waals surface area (Å²) in [5.74, 6) is 0. The summed E-state index contributed by atoms with van der Waals surface area (Å²) in [6.07, 6.45) is 3.16. The molecule has 0 radical (unpaired) electrons. The molecule has 2 nitrogen and oxygen atoms in total. The van der Waals surface area contributed by atoms with Crippen molar-refractivity contribution in [3.63, 3.8) is 0 Å². The van der Waals surface area contributed by atoms with E-state index in [-0.39, 0.29) is 0 Å². The number of rotatable bonds is 0. The smallest absolute Gasteiger partial charge is 0.0781 e. The van der Waals surface area contributed by atoms with Crippen molar-refractivity contribution in [1.82, 2.24) is 5.48 Å². The SMILES string of the molecule is CC1=CCCON1. The number of hydrogen-bond acceptors (Lipinski definition) is 2. The van der Waals surface area contributed by atoms with E-state index in [4.69, 9.17) is 4.84 Å². The van der Waals surface area contributed by atoms with Crippen molar-refractivity contribution in [2.75, 3.05) is 6.61 Å². The van der Waals surface area contributed by atoms with Gasteiger partial charge in [-0.1, -0.05) is 6.08 Å². The second-order valence-electron chi connectivity index (χ2n) is 1.63. The molecule has 40 valence electrons. The normalized spacial score (nSPS) is 20.4. The molecule has 0 bridgehead atoms. The van der Waals surface area contributed by atoms with Crippen LogP contribution in [0.4, 0.5) is 0 Å². The summed E-state index contributed by atoms with van der Waals surface area (Å²) in [5.41, 5.74) is 3.86. The minimum absolute atomic E-state index is 0.803. The molecule has 1 N–H and O–H groups in total. The van der Waals surface area contributed by atoms with Gasteiger partial charge in [0, 0.05) is 5.70 Å². The van der Waals surface area contributed by atoms with E-state index in [2.05, 4.69) is 11.6 Å².